The molecule has 1 aromatic rings. The molecule has 1 aliphatic rings. The third-order valence-electron chi connectivity index (χ3n) is 4.49. The van der Waals surface area contributed by atoms with Crippen LogP contribution in [0.5, 0.6) is 0 Å². The minimum Gasteiger partial charge on any atom is -0.357 e. The fraction of sp³-hybridized carbons (Fsp3) is 0.500. The monoisotopic (exact) mass is 302 g/mol. The Kier molecular flexibility index (Phi) is 5.04. The van der Waals surface area contributed by atoms with Gasteiger partial charge in [-0.1, -0.05) is 29.8 Å². The summed E-state index contributed by atoms with van der Waals surface area (Å²) >= 11 is 5.50. The Morgan fingerprint density at radius 3 is 2.57 bits per heavy atom. The van der Waals surface area contributed by atoms with Crippen LogP contribution in [-0.4, -0.2) is 10.7 Å². The minimum atomic E-state index is 0.00394. The quantitative estimate of drug-likeness (QED) is 0.619. The highest BCUT2D eigenvalue weighted by Gasteiger charge is 2.30. The van der Waals surface area contributed by atoms with E-state index in [9.17, 15) is 0 Å². The number of para-hydroxylation sites is 1. The van der Waals surface area contributed by atoms with Crippen LogP contribution in [0.3, 0.4) is 0 Å². The van der Waals surface area contributed by atoms with E-state index in [0.717, 1.165) is 12.1 Å². The molecule has 0 radical (unpaired) electrons. The molecule has 0 bridgehead atoms. The van der Waals surface area contributed by atoms with E-state index in [4.69, 9.17) is 12.2 Å². The van der Waals surface area contributed by atoms with Crippen LogP contribution in [0.2, 0.25) is 0 Å². The Morgan fingerprint density at radius 2 is 1.95 bits per heavy atom. The molecule has 0 fully saturated rings. The van der Waals surface area contributed by atoms with E-state index in [1.54, 1.807) is 0 Å². The number of rotatable bonds is 3. The molecule has 0 heterocycles. The molecular weight excluding hydrogens is 276 g/mol. The summed E-state index contributed by atoms with van der Waals surface area (Å²) in [5.41, 5.74) is 3.80. The molecule has 2 N–H and O–H groups in total. The van der Waals surface area contributed by atoms with Gasteiger partial charge in [0.2, 0.25) is 0 Å². The number of anilines is 1. The highest BCUT2D eigenvalue weighted by Crippen LogP contribution is 2.31. The third-order valence-corrected chi connectivity index (χ3v) is 4.69. The average molecular weight is 302 g/mol. The van der Waals surface area contributed by atoms with E-state index in [2.05, 4.69) is 56.5 Å². The minimum absolute atomic E-state index is 0.00394. The van der Waals surface area contributed by atoms with Crippen LogP contribution in [0, 0.1) is 12.8 Å². The van der Waals surface area contributed by atoms with Gasteiger partial charge in [-0.2, -0.15) is 0 Å². The van der Waals surface area contributed by atoms with Crippen molar-refractivity contribution < 1.29 is 0 Å². The van der Waals surface area contributed by atoms with Gasteiger partial charge >= 0.3 is 0 Å². The fourth-order valence-electron chi connectivity index (χ4n) is 2.88. The first-order valence-corrected chi connectivity index (χ1v) is 8.10. The molecule has 1 aliphatic carbocycles. The molecule has 1 aromatic carbocycles. The molecule has 1 atom stereocenters. The summed E-state index contributed by atoms with van der Waals surface area (Å²) in [5.74, 6) is 0.623. The van der Waals surface area contributed by atoms with Gasteiger partial charge in [0.25, 0.3) is 0 Å². The number of allylic oxidation sites excluding steroid dienone is 2. The molecule has 0 saturated carbocycles. The lowest BCUT2D eigenvalue weighted by atomic mass is 9.77. The largest absolute Gasteiger partial charge is 0.357 e. The highest BCUT2D eigenvalue weighted by molar-refractivity contribution is 7.80. The van der Waals surface area contributed by atoms with Gasteiger partial charge in [-0.15, -0.1) is 0 Å². The smallest absolute Gasteiger partial charge is 0.171 e. The molecule has 0 saturated heterocycles. The molecule has 114 valence electrons. The maximum Gasteiger partial charge on any atom is 0.171 e. The number of benzene rings is 1. The standard InChI is InChI=1S/C18H26N2S/c1-13-9-11-15(12-10-13)18(3,4)20-17(21)19-16-8-6-5-7-14(16)2/h5-9,15H,10-12H2,1-4H3,(H2,19,20,21)/t15-/m0/s1. The zero-order valence-corrected chi connectivity index (χ0v) is 14.3. The normalized spacial score (nSPS) is 18.9. The van der Waals surface area contributed by atoms with Crippen molar-refractivity contribution in [3.05, 3.63) is 41.5 Å². The second kappa shape index (κ2) is 6.61. The molecule has 21 heavy (non-hydrogen) atoms. The van der Waals surface area contributed by atoms with E-state index < -0.39 is 0 Å². The summed E-state index contributed by atoms with van der Waals surface area (Å²) in [6.45, 7) is 8.81. The van der Waals surface area contributed by atoms with E-state index in [-0.39, 0.29) is 5.54 Å². The Balaban J connectivity index is 1.97. The molecule has 2 nitrogen and oxygen atoms in total. The lowest BCUT2D eigenvalue weighted by Crippen LogP contribution is -2.50. The zero-order valence-electron chi connectivity index (χ0n) is 13.5. The van der Waals surface area contributed by atoms with Crippen LogP contribution in [0.1, 0.15) is 45.6 Å². The summed E-state index contributed by atoms with van der Waals surface area (Å²) in [6.07, 6.45) is 5.94. The number of hydrogen-bond acceptors (Lipinski definition) is 1. The van der Waals surface area contributed by atoms with Crippen LogP contribution < -0.4 is 10.6 Å². The topological polar surface area (TPSA) is 24.1 Å². The number of aryl methyl sites for hydroxylation is 1. The van der Waals surface area contributed by atoms with Crippen molar-refractivity contribution in [2.45, 2.75) is 52.5 Å². The van der Waals surface area contributed by atoms with E-state index in [1.165, 1.54) is 24.0 Å². The summed E-state index contributed by atoms with van der Waals surface area (Å²) in [5, 5.41) is 7.54. The van der Waals surface area contributed by atoms with Crippen LogP contribution in [0.25, 0.3) is 0 Å². The maximum atomic E-state index is 5.50. The van der Waals surface area contributed by atoms with Crippen LogP contribution in [-0.2, 0) is 0 Å². The van der Waals surface area contributed by atoms with Gasteiger partial charge in [-0.05, 0) is 76.7 Å². The van der Waals surface area contributed by atoms with Crippen LogP contribution >= 0.6 is 12.2 Å². The summed E-state index contributed by atoms with van der Waals surface area (Å²) in [4.78, 5) is 0. The molecule has 0 unspecified atom stereocenters. The second-order valence-corrected chi connectivity index (χ2v) is 7.05. The van der Waals surface area contributed by atoms with Gasteiger partial charge in [-0.3, -0.25) is 0 Å². The lowest BCUT2D eigenvalue weighted by Gasteiger charge is -2.38. The van der Waals surface area contributed by atoms with E-state index in [0.29, 0.717) is 11.0 Å². The van der Waals surface area contributed by atoms with Gasteiger partial charge in [0.1, 0.15) is 0 Å². The predicted molar refractivity (Wildman–Crippen MR) is 95.7 cm³/mol. The van der Waals surface area contributed by atoms with Crippen molar-refractivity contribution in [1.82, 2.24) is 5.32 Å². The molecule has 0 amide bonds. The Hall–Kier alpha value is -1.35. The van der Waals surface area contributed by atoms with Crippen molar-refractivity contribution in [1.29, 1.82) is 0 Å². The fourth-order valence-corrected chi connectivity index (χ4v) is 3.26. The lowest BCUT2D eigenvalue weighted by molar-refractivity contribution is 0.267. The van der Waals surface area contributed by atoms with Crippen LogP contribution in [0.4, 0.5) is 5.69 Å². The number of hydrogen-bond donors (Lipinski definition) is 2. The molecular formula is C18H26N2S. The summed E-state index contributed by atoms with van der Waals surface area (Å²) in [7, 11) is 0. The Morgan fingerprint density at radius 1 is 1.24 bits per heavy atom. The van der Waals surface area contributed by atoms with Gasteiger partial charge in [0.05, 0.1) is 0 Å². The first-order chi connectivity index (χ1) is 9.88. The van der Waals surface area contributed by atoms with E-state index >= 15 is 0 Å². The SMILES string of the molecule is CC1=CC[C@H](C(C)(C)NC(=S)Nc2ccccc2C)CC1. The molecule has 3 heteroatoms. The van der Waals surface area contributed by atoms with Crippen LogP contribution in [0.15, 0.2) is 35.9 Å². The molecule has 0 aromatic heterocycles. The molecule has 0 spiro atoms. The van der Waals surface area contributed by atoms with Crippen molar-refractivity contribution in [3.8, 4) is 0 Å². The molecule has 2 rings (SSSR count). The summed E-state index contributed by atoms with van der Waals surface area (Å²) < 4.78 is 0. The number of thiocarbonyl (C=S) groups is 1. The maximum absolute atomic E-state index is 5.50. The Labute approximate surface area is 134 Å². The summed E-state index contributed by atoms with van der Waals surface area (Å²) in [6, 6.07) is 8.21. The zero-order chi connectivity index (χ0) is 15.5. The Bertz CT molecular complexity index is 546. The van der Waals surface area contributed by atoms with Crippen molar-refractivity contribution in [2.24, 2.45) is 5.92 Å². The van der Waals surface area contributed by atoms with Crippen molar-refractivity contribution in [3.63, 3.8) is 0 Å². The first kappa shape index (κ1) is 16.0. The highest BCUT2D eigenvalue weighted by atomic mass is 32.1. The van der Waals surface area contributed by atoms with Gasteiger partial charge in [0, 0.05) is 11.2 Å². The third kappa shape index (κ3) is 4.31. The van der Waals surface area contributed by atoms with Gasteiger partial charge in [-0.25, -0.2) is 0 Å². The van der Waals surface area contributed by atoms with Crippen molar-refractivity contribution >= 4 is 23.0 Å². The predicted octanol–water partition coefficient (Wildman–Crippen LogP) is 4.81. The van der Waals surface area contributed by atoms with Gasteiger partial charge < -0.3 is 10.6 Å². The van der Waals surface area contributed by atoms with Gasteiger partial charge in [0.15, 0.2) is 5.11 Å². The second-order valence-electron chi connectivity index (χ2n) is 6.64. The molecule has 0 aliphatic heterocycles. The van der Waals surface area contributed by atoms with Crippen molar-refractivity contribution in [2.75, 3.05) is 5.32 Å². The van der Waals surface area contributed by atoms with E-state index in [1.807, 2.05) is 12.1 Å². The average Bonchev–Trinajstić information content (AvgIpc) is 2.41. The first-order valence-electron chi connectivity index (χ1n) is 7.69. The number of nitrogens with one attached hydrogen (secondary N) is 2.